The van der Waals surface area contributed by atoms with E-state index in [2.05, 4.69) is 10.3 Å². The fourth-order valence-corrected chi connectivity index (χ4v) is 4.40. The first-order valence-corrected chi connectivity index (χ1v) is 9.57. The number of aromatic nitrogens is 1. The summed E-state index contributed by atoms with van der Waals surface area (Å²) in [6, 6.07) is 11.9. The zero-order valence-corrected chi connectivity index (χ0v) is 15.9. The van der Waals surface area contributed by atoms with Gasteiger partial charge in [-0.1, -0.05) is 30.3 Å². The first kappa shape index (κ1) is 17.7. The summed E-state index contributed by atoms with van der Waals surface area (Å²) in [5.74, 6) is 0.0651. The fraction of sp³-hybridized carbons (Fsp3) is 0.409. The first-order chi connectivity index (χ1) is 13.0. The van der Waals surface area contributed by atoms with Gasteiger partial charge in [-0.2, -0.15) is 0 Å². The van der Waals surface area contributed by atoms with E-state index in [0.29, 0.717) is 18.7 Å². The molecule has 5 nitrogen and oxygen atoms in total. The second kappa shape index (κ2) is 6.80. The van der Waals surface area contributed by atoms with E-state index in [9.17, 15) is 9.59 Å². The molecule has 4 rings (SSSR count). The van der Waals surface area contributed by atoms with Crippen molar-refractivity contribution in [3.63, 3.8) is 0 Å². The molecule has 27 heavy (non-hydrogen) atoms. The van der Waals surface area contributed by atoms with Crippen LogP contribution >= 0.6 is 0 Å². The molecule has 2 saturated heterocycles. The molecule has 140 valence electrons. The lowest BCUT2D eigenvalue weighted by molar-refractivity contribution is -0.121. The fourth-order valence-electron chi connectivity index (χ4n) is 4.40. The molecule has 2 fully saturated rings. The van der Waals surface area contributed by atoms with E-state index in [1.807, 2.05) is 55.1 Å². The van der Waals surface area contributed by atoms with E-state index in [1.54, 1.807) is 6.20 Å². The van der Waals surface area contributed by atoms with Gasteiger partial charge in [0.05, 0.1) is 11.5 Å². The Morgan fingerprint density at radius 1 is 1.19 bits per heavy atom. The summed E-state index contributed by atoms with van der Waals surface area (Å²) in [6.45, 7) is 5.20. The average molecular weight is 363 g/mol. The number of benzene rings is 1. The maximum atomic E-state index is 12.9. The largest absolute Gasteiger partial charge is 0.350 e. The highest BCUT2D eigenvalue weighted by Crippen LogP contribution is 2.39. The Hall–Kier alpha value is -2.69. The summed E-state index contributed by atoms with van der Waals surface area (Å²) in [5.41, 5.74) is 3.45. The SMILES string of the molecule is Cc1cc(C)c(C(=O)N2CCC3(CC2)C[C@@H](c2ccccc2)C(=O)N3)cn1. The van der Waals surface area contributed by atoms with Crippen LogP contribution in [0.25, 0.3) is 0 Å². The summed E-state index contributed by atoms with van der Waals surface area (Å²) in [4.78, 5) is 31.6. The van der Waals surface area contributed by atoms with Crippen molar-refractivity contribution in [2.24, 2.45) is 0 Å². The van der Waals surface area contributed by atoms with Crippen LogP contribution in [0.4, 0.5) is 0 Å². The van der Waals surface area contributed by atoms with Gasteiger partial charge in [-0.25, -0.2) is 0 Å². The molecule has 1 atom stereocenters. The molecule has 2 aliphatic rings. The molecule has 5 heteroatoms. The van der Waals surface area contributed by atoms with Crippen LogP contribution in [-0.2, 0) is 4.79 Å². The number of piperidine rings is 1. The van der Waals surface area contributed by atoms with Crippen molar-refractivity contribution in [1.82, 2.24) is 15.2 Å². The van der Waals surface area contributed by atoms with Gasteiger partial charge in [0.15, 0.2) is 0 Å². The van der Waals surface area contributed by atoms with E-state index < -0.39 is 0 Å². The third-order valence-electron chi connectivity index (χ3n) is 5.99. The number of carbonyl (C=O) groups excluding carboxylic acids is 2. The molecule has 2 aliphatic heterocycles. The van der Waals surface area contributed by atoms with Gasteiger partial charge in [-0.15, -0.1) is 0 Å². The Morgan fingerprint density at radius 3 is 2.56 bits per heavy atom. The molecule has 0 bridgehead atoms. The number of carbonyl (C=O) groups is 2. The predicted molar refractivity (Wildman–Crippen MR) is 104 cm³/mol. The molecule has 0 unspecified atom stereocenters. The van der Waals surface area contributed by atoms with Gasteiger partial charge in [0.25, 0.3) is 5.91 Å². The summed E-state index contributed by atoms with van der Waals surface area (Å²) in [7, 11) is 0. The molecular formula is C22H25N3O2. The van der Waals surface area contributed by atoms with Crippen LogP contribution in [0.5, 0.6) is 0 Å². The van der Waals surface area contributed by atoms with Gasteiger partial charge in [0.2, 0.25) is 5.91 Å². The zero-order chi connectivity index (χ0) is 19.0. The number of hydrogen-bond acceptors (Lipinski definition) is 3. The number of amides is 2. The second-order valence-electron chi connectivity index (χ2n) is 7.87. The molecule has 3 heterocycles. The smallest absolute Gasteiger partial charge is 0.255 e. The molecule has 1 spiro atoms. The van der Waals surface area contributed by atoms with Crippen molar-refractivity contribution < 1.29 is 9.59 Å². The summed E-state index contributed by atoms with van der Waals surface area (Å²) in [6.07, 6.45) is 4.08. The highest BCUT2D eigenvalue weighted by molar-refractivity contribution is 5.95. The van der Waals surface area contributed by atoms with Crippen molar-refractivity contribution in [3.05, 3.63) is 65.0 Å². The van der Waals surface area contributed by atoms with Crippen molar-refractivity contribution in [2.45, 2.75) is 44.6 Å². The summed E-state index contributed by atoms with van der Waals surface area (Å²) in [5, 5.41) is 3.25. The number of pyridine rings is 1. The highest BCUT2D eigenvalue weighted by atomic mass is 16.2. The average Bonchev–Trinajstić information content (AvgIpc) is 2.98. The van der Waals surface area contributed by atoms with Crippen molar-refractivity contribution >= 4 is 11.8 Å². The summed E-state index contributed by atoms with van der Waals surface area (Å²) >= 11 is 0. The second-order valence-corrected chi connectivity index (χ2v) is 7.87. The number of aryl methyl sites for hydroxylation is 2. The number of hydrogen-bond donors (Lipinski definition) is 1. The lowest BCUT2D eigenvalue weighted by Crippen LogP contribution is -2.52. The van der Waals surface area contributed by atoms with E-state index in [0.717, 1.165) is 36.1 Å². The van der Waals surface area contributed by atoms with Crippen LogP contribution in [0.3, 0.4) is 0 Å². The Morgan fingerprint density at radius 2 is 1.89 bits per heavy atom. The van der Waals surface area contributed by atoms with E-state index in [4.69, 9.17) is 0 Å². The van der Waals surface area contributed by atoms with Gasteiger partial charge in [0, 0.05) is 30.5 Å². The lowest BCUT2D eigenvalue weighted by atomic mass is 9.82. The van der Waals surface area contributed by atoms with Crippen LogP contribution < -0.4 is 5.32 Å². The molecule has 2 aromatic rings. The minimum atomic E-state index is -0.186. The highest BCUT2D eigenvalue weighted by Gasteiger charge is 2.46. The van der Waals surface area contributed by atoms with Gasteiger partial charge in [-0.3, -0.25) is 14.6 Å². The van der Waals surface area contributed by atoms with Crippen LogP contribution in [0, 0.1) is 13.8 Å². The van der Waals surface area contributed by atoms with Crippen molar-refractivity contribution in [3.8, 4) is 0 Å². The molecule has 0 aliphatic carbocycles. The molecule has 0 radical (unpaired) electrons. The molecule has 1 aromatic heterocycles. The van der Waals surface area contributed by atoms with Crippen LogP contribution in [-0.4, -0.2) is 40.3 Å². The van der Waals surface area contributed by atoms with Gasteiger partial charge in [-0.05, 0) is 50.3 Å². The maximum Gasteiger partial charge on any atom is 0.255 e. The third kappa shape index (κ3) is 3.34. The number of likely N-dealkylation sites (tertiary alicyclic amines) is 1. The van der Waals surface area contributed by atoms with Crippen molar-refractivity contribution in [1.29, 1.82) is 0 Å². The van der Waals surface area contributed by atoms with E-state index >= 15 is 0 Å². The van der Waals surface area contributed by atoms with Crippen LogP contribution in [0.2, 0.25) is 0 Å². The zero-order valence-electron chi connectivity index (χ0n) is 15.9. The Kier molecular flexibility index (Phi) is 4.46. The Bertz CT molecular complexity index is 870. The molecule has 2 amide bonds. The number of nitrogens with one attached hydrogen (secondary N) is 1. The molecule has 1 aromatic carbocycles. The summed E-state index contributed by atoms with van der Waals surface area (Å²) < 4.78 is 0. The lowest BCUT2D eigenvalue weighted by Gasteiger charge is -2.39. The topological polar surface area (TPSA) is 62.3 Å². The van der Waals surface area contributed by atoms with Crippen LogP contribution in [0.1, 0.15) is 52.4 Å². The number of nitrogens with zero attached hydrogens (tertiary/aromatic N) is 2. The quantitative estimate of drug-likeness (QED) is 0.892. The van der Waals surface area contributed by atoms with Crippen molar-refractivity contribution in [2.75, 3.05) is 13.1 Å². The Balaban J connectivity index is 1.44. The maximum absolute atomic E-state index is 12.9. The predicted octanol–water partition coefficient (Wildman–Crippen LogP) is 2.98. The normalized spacial score (nSPS) is 21.3. The standard InChI is InChI=1S/C22H25N3O2/c1-15-12-16(2)23-14-19(15)21(27)25-10-8-22(9-11-25)13-18(20(26)24-22)17-6-4-3-5-7-17/h3-7,12,14,18H,8-11,13H2,1-2H3,(H,24,26)/t18-/m0/s1. The van der Waals surface area contributed by atoms with Gasteiger partial charge >= 0.3 is 0 Å². The number of rotatable bonds is 2. The van der Waals surface area contributed by atoms with E-state index in [1.165, 1.54) is 0 Å². The van der Waals surface area contributed by atoms with Gasteiger partial charge < -0.3 is 10.2 Å². The minimum Gasteiger partial charge on any atom is -0.350 e. The van der Waals surface area contributed by atoms with Crippen LogP contribution in [0.15, 0.2) is 42.6 Å². The van der Waals surface area contributed by atoms with E-state index in [-0.39, 0.29) is 23.3 Å². The van der Waals surface area contributed by atoms with Gasteiger partial charge in [0.1, 0.15) is 0 Å². The monoisotopic (exact) mass is 363 g/mol. The third-order valence-corrected chi connectivity index (χ3v) is 5.99. The molecule has 1 N–H and O–H groups in total. The Labute approximate surface area is 159 Å². The first-order valence-electron chi connectivity index (χ1n) is 9.57. The minimum absolute atomic E-state index is 0.0405. The molecular weight excluding hydrogens is 338 g/mol. The molecule has 0 saturated carbocycles.